The van der Waals surface area contributed by atoms with Crippen LogP contribution in [-0.2, 0) is 21.4 Å². The molecule has 0 radical (unpaired) electrons. The Balaban J connectivity index is 1.82. The number of benzene rings is 2. The van der Waals surface area contributed by atoms with Gasteiger partial charge in [-0.1, -0.05) is 12.1 Å². The number of carbonyl (C=O) groups excluding carboxylic acids is 1. The number of carbonyl (C=O) groups is 1. The van der Waals surface area contributed by atoms with Crippen molar-refractivity contribution < 1.29 is 31.1 Å². The van der Waals surface area contributed by atoms with Crippen molar-refractivity contribution in [1.82, 2.24) is 10.0 Å². The molecule has 0 aliphatic heterocycles. The van der Waals surface area contributed by atoms with E-state index >= 15 is 0 Å². The van der Waals surface area contributed by atoms with Gasteiger partial charge in [0.15, 0.2) is 0 Å². The molecular formula is C19H22F3N3O4S. The van der Waals surface area contributed by atoms with Crippen molar-refractivity contribution >= 4 is 21.6 Å². The van der Waals surface area contributed by atoms with Gasteiger partial charge in [-0.3, -0.25) is 4.79 Å². The van der Waals surface area contributed by atoms with Crippen LogP contribution in [0.2, 0.25) is 0 Å². The van der Waals surface area contributed by atoms with E-state index in [1.54, 1.807) is 0 Å². The summed E-state index contributed by atoms with van der Waals surface area (Å²) in [6, 6.07) is 11.4. The quantitative estimate of drug-likeness (QED) is 0.620. The summed E-state index contributed by atoms with van der Waals surface area (Å²) >= 11 is 0. The van der Waals surface area contributed by atoms with Crippen LogP contribution in [0.4, 0.5) is 18.9 Å². The van der Waals surface area contributed by atoms with Gasteiger partial charge in [0, 0.05) is 39.3 Å². The first-order valence-corrected chi connectivity index (χ1v) is 10.3. The summed E-state index contributed by atoms with van der Waals surface area (Å²) in [6.07, 6.45) is -4.96. The molecule has 1 amide bonds. The van der Waals surface area contributed by atoms with Gasteiger partial charge < -0.3 is 15.0 Å². The lowest BCUT2D eigenvalue weighted by Gasteiger charge is -2.14. The zero-order chi connectivity index (χ0) is 22.4. The third kappa shape index (κ3) is 7.56. The van der Waals surface area contributed by atoms with Gasteiger partial charge in [0.2, 0.25) is 15.9 Å². The van der Waals surface area contributed by atoms with Crippen LogP contribution in [0.15, 0.2) is 53.4 Å². The Bertz CT molecular complexity index is 962. The van der Waals surface area contributed by atoms with Crippen molar-refractivity contribution in [1.29, 1.82) is 0 Å². The lowest BCUT2D eigenvalue weighted by atomic mass is 10.2. The summed E-state index contributed by atoms with van der Waals surface area (Å²) in [4.78, 5) is 13.7. The average Bonchev–Trinajstić information content (AvgIpc) is 2.65. The molecule has 2 N–H and O–H groups in total. The first kappa shape index (κ1) is 23.5. The topological polar surface area (TPSA) is 87.7 Å². The largest absolute Gasteiger partial charge is 0.573 e. The van der Waals surface area contributed by atoms with Crippen LogP contribution in [0.25, 0.3) is 0 Å². The molecule has 0 spiro atoms. The number of halogens is 3. The van der Waals surface area contributed by atoms with Crippen molar-refractivity contribution in [2.45, 2.75) is 24.2 Å². The average molecular weight is 445 g/mol. The van der Waals surface area contributed by atoms with Gasteiger partial charge in [-0.15, -0.1) is 13.2 Å². The van der Waals surface area contributed by atoms with Gasteiger partial charge in [0.05, 0.1) is 4.90 Å². The van der Waals surface area contributed by atoms with Gasteiger partial charge in [-0.25, -0.2) is 13.1 Å². The molecule has 0 bridgehead atoms. The first-order chi connectivity index (χ1) is 14.0. The van der Waals surface area contributed by atoms with Crippen LogP contribution in [0.1, 0.15) is 12.0 Å². The van der Waals surface area contributed by atoms with Crippen LogP contribution in [0.3, 0.4) is 0 Å². The number of ether oxygens (including phenoxy) is 1. The van der Waals surface area contributed by atoms with E-state index in [4.69, 9.17) is 0 Å². The summed E-state index contributed by atoms with van der Waals surface area (Å²) in [7, 11) is -0.164. The molecule has 0 atom stereocenters. The van der Waals surface area contributed by atoms with Crippen molar-refractivity contribution in [2.75, 3.05) is 25.5 Å². The number of rotatable bonds is 9. The predicted molar refractivity (Wildman–Crippen MR) is 106 cm³/mol. The minimum absolute atomic E-state index is 0.0954. The monoisotopic (exact) mass is 445 g/mol. The number of alkyl halides is 3. The van der Waals surface area contributed by atoms with Crippen molar-refractivity contribution in [3.63, 3.8) is 0 Å². The molecule has 0 aliphatic carbocycles. The Hall–Kier alpha value is -2.79. The van der Waals surface area contributed by atoms with E-state index in [1.807, 2.05) is 43.3 Å². The molecule has 2 aromatic rings. The third-order valence-corrected chi connectivity index (χ3v) is 5.41. The minimum atomic E-state index is -4.86. The maximum Gasteiger partial charge on any atom is 0.573 e. The summed E-state index contributed by atoms with van der Waals surface area (Å²) in [5, 5.41) is 2.70. The maximum absolute atomic E-state index is 12.2. The van der Waals surface area contributed by atoms with Crippen LogP contribution in [0, 0.1) is 0 Å². The molecule has 0 saturated carbocycles. The second-order valence-corrected chi connectivity index (χ2v) is 8.27. The molecule has 2 aromatic carbocycles. The zero-order valence-electron chi connectivity index (χ0n) is 16.4. The van der Waals surface area contributed by atoms with Crippen LogP contribution in [0.5, 0.6) is 5.75 Å². The third-order valence-electron chi connectivity index (χ3n) is 3.93. The predicted octanol–water partition coefficient (Wildman–Crippen LogP) is 2.64. The van der Waals surface area contributed by atoms with Crippen LogP contribution >= 0.6 is 0 Å². The van der Waals surface area contributed by atoms with Gasteiger partial charge in [-0.2, -0.15) is 0 Å². The molecular weight excluding hydrogens is 423 g/mol. The summed E-state index contributed by atoms with van der Waals surface area (Å²) in [5.41, 5.74) is 1.89. The molecule has 0 heterocycles. The lowest BCUT2D eigenvalue weighted by molar-refractivity contribution is -0.274. The highest BCUT2D eigenvalue weighted by Gasteiger charge is 2.31. The lowest BCUT2D eigenvalue weighted by Crippen LogP contribution is -2.30. The van der Waals surface area contributed by atoms with Crippen molar-refractivity contribution in [3.8, 4) is 5.75 Å². The zero-order valence-corrected chi connectivity index (χ0v) is 17.2. The van der Waals surface area contributed by atoms with Gasteiger partial charge in [-0.05, 0) is 42.0 Å². The molecule has 0 aromatic heterocycles. The van der Waals surface area contributed by atoms with E-state index < -0.39 is 22.1 Å². The highest BCUT2D eigenvalue weighted by molar-refractivity contribution is 7.89. The van der Waals surface area contributed by atoms with E-state index in [9.17, 15) is 26.4 Å². The smallest absolute Gasteiger partial charge is 0.406 e. The Morgan fingerprint density at radius 1 is 1.10 bits per heavy atom. The molecule has 0 fully saturated rings. The Labute approximate surface area is 172 Å². The van der Waals surface area contributed by atoms with Crippen molar-refractivity contribution in [2.24, 2.45) is 0 Å². The van der Waals surface area contributed by atoms with E-state index in [2.05, 4.69) is 14.8 Å². The number of nitrogens with zero attached hydrogens (tertiary/aromatic N) is 1. The van der Waals surface area contributed by atoms with E-state index in [1.165, 1.54) is 0 Å². The maximum atomic E-state index is 12.2. The van der Waals surface area contributed by atoms with E-state index in [-0.39, 0.29) is 23.8 Å². The Morgan fingerprint density at radius 3 is 2.37 bits per heavy atom. The molecule has 7 nitrogen and oxygen atoms in total. The fourth-order valence-corrected chi connectivity index (χ4v) is 3.47. The molecule has 0 aliphatic rings. The fraction of sp³-hybridized carbons (Fsp3) is 0.316. The minimum Gasteiger partial charge on any atom is -0.406 e. The second-order valence-electron chi connectivity index (χ2n) is 6.51. The van der Waals surface area contributed by atoms with Gasteiger partial charge in [0.1, 0.15) is 5.75 Å². The number of hydrogen-bond acceptors (Lipinski definition) is 5. The number of amides is 1. The van der Waals surface area contributed by atoms with Gasteiger partial charge in [0.25, 0.3) is 0 Å². The molecule has 0 unspecified atom stereocenters. The second kappa shape index (κ2) is 9.81. The van der Waals surface area contributed by atoms with Gasteiger partial charge >= 0.3 is 6.36 Å². The molecule has 2 rings (SSSR count). The summed E-state index contributed by atoms with van der Waals surface area (Å²) < 4.78 is 66.7. The first-order valence-electron chi connectivity index (χ1n) is 8.85. The molecule has 30 heavy (non-hydrogen) atoms. The SMILES string of the molecule is CN(C)c1cccc(CNC(=O)CCNS(=O)(=O)c2ccc(OC(F)(F)F)cc2)c1. The van der Waals surface area contributed by atoms with E-state index in [0.717, 1.165) is 35.5 Å². The van der Waals surface area contributed by atoms with E-state index in [0.29, 0.717) is 6.54 Å². The summed E-state index contributed by atoms with van der Waals surface area (Å²) in [6.45, 7) is 0.140. The highest BCUT2D eigenvalue weighted by Crippen LogP contribution is 2.23. The van der Waals surface area contributed by atoms with Crippen LogP contribution < -0.4 is 19.7 Å². The number of nitrogens with one attached hydrogen (secondary N) is 2. The highest BCUT2D eigenvalue weighted by atomic mass is 32.2. The number of anilines is 1. The molecule has 11 heteroatoms. The standard InChI is InChI=1S/C19H22F3N3O4S/c1-25(2)15-5-3-4-14(12-15)13-23-18(26)10-11-24-30(27,28)17-8-6-16(7-9-17)29-19(20,21)22/h3-9,12,24H,10-11,13H2,1-2H3,(H,23,26). The number of sulfonamides is 1. The van der Waals surface area contributed by atoms with Crippen LogP contribution in [-0.4, -0.2) is 41.3 Å². The van der Waals surface area contributed by atoms with Crippen molar-refractivity contribution in [3.05, 3.63) is 54.1 Å². The Kier molecular flexibility index (Phi) is 7.68. The summed E-state index contributed by atoms with van der Waals surface area (Å²) in [5.74, 6) is -0.874. The molecule has 164 valence electrons. The number of hydrogen-bond donors (Lipinski definition) is 2. The fourth-order valence-electron chi connectivity index (χ4n) is 2.44. The Morgan fingerprint density at radius 2 is 1.77 bits per heavy atom. The molecule has 0 saturated heterocycles. The normalized spacial score (nSPS) is 11.8.